The van der Waals surface area contributed by atoms with E-state index in [4.69, 9.17) is 5.73 Å². The van der Waals surface area contributed by atoms with Gasteiger partial charge in [0.25, 0.3) is 0 Å². The molecule has 0 amide bonds. The van der Waals surface area contributed by atoms with E-state index < -0.39 is 5.82 Å². The van der Waals surface area contributed by atoms with Crippen molar-refractivity contribution in [2.45, 2.75) is 0 Å². The first-order valence-corrected chi connectivity index (χ1v) is 6.94. The van der Waals surface area contributed by atoms with Gasteiger partial charge in [-0.15, -0.1) is 11.3 Å². The van der Waals surface area contributed by atoms with Crippen molar-refractivity contribution in [1.82, 2.24) is 0 Å². The summed E-state index contributed by atoms with van der Waals surface area (Å²) in [7, 11) is 0. The summed E-state index contributed by atoms with van der Waals surface area (Å²) in [5, 5.41) is 0. The van der Waals surface area contributed by atoms with Gasteiger partial charge in [-0.05, 0) is 56.1 Å². The number of anilines is 1. The Hall–Kier alpha value is -0.720. The van der Waals surface area contributed by atoms with Crippen LogP contribution in [0.4, 0.5) is 10.1 Å². The summed E-state index contributed by atoms with van der Waals surface area (Å²) in [6.45, 7) is 0. The van der Waals surface area contributed by atoms with E-state index in [1.807, 2.05) is 0 Å². The van der Waals surface area contributed by atoms with E-state index >= 15 is 0 Å². The number of carbonyl (C=O) groups excluding carboxylic acids is 1. The smallest absolute Gasteiger partial charge is 0.198 e. The molecule has 2 N–H and O–H groups in total. The first-order valence-electron chi connectivity index (χ1n) is 4.53. The number of thiophene rings is 1. The predicted molar refractivity (Wildman–Crippen MR) is 74.0 cm³/mol. The number of nitrogen functional groups attached to an aromatic ring is 1. The molecule has 1 heterocycles. The van der Waals surface area contributed by atoms with Crippen molar-refractivity contribution in [1.29, 1.82) is 0 Å². The molecule has 0 fully saturated rings. The highest BCUT2D eigenvalue weighted by Gasteiger charge is 2.18. The van der Waals surface area contributed by atoms with E-state index in [1.165, 1.54) is 23.5 Å². The summed E-state index contributed by atoms with van der Waals surface area (Å²) in [4.78, 5) is 12.1. The number of ketones is 1. The van der Waals surface area contributed by atoms with Gasteiger partial charge in [0.2, 0.25) is 0 Å². The number of halogens is 3. The lowest BCUT2D eigenvalue weighted by Gasteiger charge is -2.02. The van der Waals surface area contributed by atoms with Crippen LogP contribution in [0.1, 0.15) is 15.9 Å². The third-order valence-electron chi connectivity index (χ3n) is 2.14. The Morgan fingerprint density at radius 2 is 1.94 bits per heavy atom. The van der Waals surface area contributed by atoms with Crippen LogP contribution in [0.15, 0.2) is 31.8 Å². The molecular weight excluding hydrogens is 373 g/mol. The van der Waals surface area contributed by atoms with Crippen LogP contribution in [0.3, 0.4) is 0 Å². The van der Waals surface area contributed by atoms with Gasteiger partial charge in [-0.1, -0.05) is 0 Å². The molecule has 6 heteroatoms. The van der Waals surface area contributed by atoms with Crippen LogP contribution in [-0.4, -0.2) is 5.78 Å². The van der Waals surface area contributed by atoms with Crippen LogP contribution in [0.25, 0.3) is 0 Å². The van der Waals surface area contributed by atoms with E-state index in [-0.39, 0.29) is 11.3 Å². The van der Waals surface area contributed by atoms with Crippen molar-refractivity contribution < 1.29 is 9.18 Å². The number of nitrogens with two attached hydrogens (primary N) is 1. The van der Waals surface area contributed by atoms with Gasteiger partial charge in [-0.25, -0.2) is 4.39 Å². The lowest BCUT2D eigenvalue weighted by molar-refractivity contribution is 0.103. The summed E-state index contributed by atoms with van der Waals surface area (Å²) in [6, 6.07) is 5.70. The molecule has 2 nitrogen and oxygen atoms in total. The highest BCUT2D eigenvalue weighted by Crippen LogP contribution is 2.33. The van der Waals surface area contributed by atoms with Crippen molar-refractivity contribution in [3.8, 4) is 0 Å². The molecule has 88 valence electrons. The summed E-state index contributed by atoms with van der Waals surface area (Å²) < 4.78 is 15.1. The van der Waals surface area contributed by atoms with Crippen molar-refractivity contribution in [3.63, 3.8) is 0 Å². The third-order valence-corrected chi connectivity index (χ3v) is 4.48. The Bertz CT molecular complexity index is 597. The fourth-order valence-electron chi connectivity index (χ4n) is 1.36. The summed E-state index contributed by atoms with van der Waals surface area (Å²) in [5.41, 5.74) is 6.18. The van der Waals surface area contributed by atoms with Crippen LogP contribution < -0.4 is 5.73 Å². The molecule has 2 rings (SSSR count). The second-order valence-corrected chi connectivity index (χ2v) is 7.06. The van der Waals surface area contributed by atoms with Crippen molar-refractivity contribution >= 4 is 54.7 Å². The Balaban J connectivity index is 2.47. The minimum absolute atomic E-state index is 0.0187. The van der Waals surface area contributed by atoms with E-state index in [1.54, 1.807) is 6.07 Å². The van der Waals surface area contributed by atoms with E-state index in [2.05, 4.69) is 31.9 Å². The molecule has 0 atom stereocenters. The normalized spacial score (nSPS) is 10.5. The van der Waals surface area contributed by atoms with Gasteiger partial charge in [0.1, 0.15) is 5.82 Å². The molecule has 0 aliphatic rings. The van der Waals surface area contributed by atoms with Gasteiger partial charge in [0, 0.05) is 11.3 Å². The average molecular weight is 379 g/mol. The van der Waals surface area contributed by atoms with Crippen LogP contribution in [-0.2, 0) is 0 Å². The molecule has 0 unspecified atom stereocenters. The molecule has 17 heavy (non-hydrogen) atoms. The molecule has 0 radical (unpaired) electrons. The summed E-state index contributed by atoms with van der Waals surface area (Å²) in [5.74, 6) is -0.972. The maximum absolute atomic E-state index is 13.6. The fraction of sp³-hybridized carbons (Fsp3) is 0. The molecule has 2 aromatic rings. The van der Waals surface area contributed by atoms with Crippen molar-refractivity contribution in [3.05, 3.63) is 48.8 Å². The minimum Gasteiger partial charge on any atom is -0.399 e. The molecule has 1 aromatic heterocycles. The molecular formula is C11H6Br2FNOS. The van der Waals surface area contributed by atoms with Gasteiger partial charge in [0.15, 0.2) is 5.78 Å². The fourth-order valence-corrected chi connectivity index (χ4v) is 4.15. The Morgan fingerprint density at radius 1 is 1.24 bits per heavy atom. The zero-order valence-electron chi connectivity index (χ0n) is 8.34. The maximum Gasteiger partial charge on any atom is 0.198 e. The Morgan fingerprint density at radius 3 is 2.47 bits per heavy atom. The summed E-state index contributed by atoms with van der Waals surface area (Å²) >= 11 is 7.92. The standard InChI is InChI=1S/C11H6Br2FNOS/c12-9-4-7(11(13)17-9)10(16)6-2-1-5(15)3-8(6)14/h1-4H,15H2. The largest absolute Gasteiger partial charge is 0.399 e. The first-order chi connectivity index (χ1) is 7.99. The number of benzene rings is 1. The van der Waals surface area contributed by atoms with Crippen LogP contribution in [0.2, 0.25) is 0 Å². The van der Waals surface area contributed by atoms with E-state index in [0.717, 1.165) is 9.85 Å². The molecule has 0 saturated heterocycles. The Labute approximate surface area is 118 Å². The topological polar surface area (TPSA) is 43.1 Å². The second-order valence-electron chi connectivity index (χ2n) is 3.31. The van der Waals surface area contributed by atoms with Gasteiger partial charge < -0.3 is 5.73 Å². The maximum atomic E-state index is 13.6. The second kappa shape index (κ2) is 4.88. The zero-order chi connectivity index (χ0) is 12.6. The van der Waals surface area contributed by atoms with Crippen molar-refractivity contribution in [2.75, 3.05) is 5.73 Å². The number of rotatable bonds is 2. The number of hydrogen-bond donors (Lipinski definition) is 1. The van der Waals surface area contributed by atoms with E-state index in [0.29, 0.717) is 15.0 Å². The quantitative estimate of drug-likeness (QED) is 0.627. The molecule has 0 aliphatic carbocycles. The van der Waals surface area contributed by atoms with Gasteiger partial charge >= 0.3 is 0 Å². The minimum atomic E-state index is -0.607. The zero-order valence-corrected chi connectivity index (χ0v) is 12.3. The van der Waals surface area contributed by atoms with Crippen molar-refractivity contribution in [2.24, 2.45) is 0 Å². The third kappa shape index (κ3) is 2.59. The van der Waals surface area contributed by atoms with Crippen LogP contribution in [0.5, 0.6) is 0 Å². The number of hydrogen-bond acceptors (Lipinski definition) is 3. The lowest BCUT2D eigenvalue weighted by Crippen LogP contribution is -2.04. The van der Waals surface area contributed by atoms with E-state index in [9.17, 15) is 9.18 Å². The van der Waals surface area contributed by atoms with Crippen LogP contribution >= 0.6 is 43.2 Å². The molecule has 0 spiro atoms. The Kier molecular flexibility index (Phi) is 3.65. The molecule has 1 aromatic carbocycles. The average Bonchev–Trinajstić information content (AvgIpc) is 2.57. The highest BCUT2D eigenvalue weighted by molar-refractivity contribution is 9.12. The molecule has 0 aliphatic heterocycles. The predicted octanol–water partition coefficient (Wildman–Crippen LogP) is 4.23. The number of carbonyl (C=O) groups is 1. The SMILES string of the molecule is Nc1ccc(C(=O)c2cc(Br)sc2Br)c(F)c1. The first kappa shape index (κ1) is 12.7. The van der Waals surface area contributed by atoms with Gasteiger partial charge in [0.05, 0.1) is 13.1 Å². The van der Waals surface area contributed by atoms with Crippen LogP contribution in [0, 0.1) is 5.82 Å². The monoisotopic (exact) mass is 377 g/mol. The van der Waals surface area contributed by atoms with Gasteiger partial charge in [-0.3, -0.25) is 4.79 Å². The molecule has 0 saturated carbocycles. The van der Waals surface area contributed by atoms with Gasteiger partial charge in [-0.2, -0.15) is 0 Å². The molecule has 0 bridgehead atoms. The summed E-state index contributed by atoms with van der Waals surface area (Å²) in [6.07, 6.45) is 0. The lowest BCUT2D eigenvalue weighted by atomic mass is 10.1. The highest BCUT2D eigenvalue weighted by atomic mass is 79.9.